The molecule has 1 aromatic carbocycles. The van der Waals surface area contributed by atoms with Gasteiger partial charge in [0.2, 0.25) is 5.95 Å². The summed E-state index contributed by atoms with van der Waals surface area (Å²) in [5.74, 6) is 0.568. The van der Waals surface area contributed by atoms with E-state index in [4.69, 9.17) is 5.11 Å². The number of carbonyl (C=O) groups is 1. The normalized spacial score (nSPS) is 16.5. The van der Waals surface area contributed by atoms with Crippen LogP contribution in [-0.4, -0.2) is 45.1 Å². The third-order valence-electron chi connectivity index (χ3n) is 4.72. The van der Waals surface area contributed by atoms with Crippen molar-refractivity contribution in [1.29, 1.82) is 0 Å². The van der Waals surface area contributed by atoms with Gasteiger partial charge in [0, 0.05) is 37.1 Å². The van der Waals surface area contributed by atoms with Gasteiger partial charge in [0.1, 0.15) is 0 Å². The van der Waals surface area contributed by atoms with Crippen molar-refractivity contribution in [3.05, 3.63) is 66.0 Å². The SMILES string of the molecule is O=C(NC1CCN(c2nccc(-c3ccc[nH]3)n2)C1)c1ccc(CO)cc1. The zero-order valence-electron chi connectivity index (χ0n) is 14.8. The first-order valence-corrected chi connectivity index (χ1v) is 8.95. The minimum Gasteiger partial charge on any atom is -0.392 e. The van der Waals surface area contributed by atoms with Crippen LogP contribution in [0.25, 0.3) is 11.4 Å². The Morgan fingerprint density at radius 2 is 2.11 bits per heavy atom. The van der Waals surface area contributed by atoms with Crippen LogP contribution in [0.2, 0.25) is 0 Å². The minimum absolute atomic E-state index is 0.0268. The number of hydrogen-bond donors (Lipinski definition) is 3. The van der Waals surface area contributed by atoms with Gasteiger partial charge in [-0.2, -0.15) is 0 Å². The van der Waals surface area contributed by atoms with Crippen LogP contribution in [0.1, 0.15) is 22.3 Å². The van der Waals surface area contributed by atoms with E-state index in [1.807, 2.05) is 24.4 Å². The lowest BCUT2D eigenvalue weighted by Gasteiger charge is -2.17. The van der Waals surface area contributed by atoms with Crippen LogP contribution in [0.3, 0.4) is 0 Å². The lowest BCUT2D eigenvalue weighted by molar-refractivity contribution is 0.0940. The summed E-state index contributed by atoms with van der Waals surface area (Å²) in [4.78, 5) is 26.7. The zero-order valence-corrected chi connectivity index (χ0v) is 14.8. The maximum Gasteiger partial charge on any atom is 0.251 e. The first kappa shape index (κ1) is 17.2. The van der Waals surface area contributed by atoms with E-state index in [0.29, 0.717) is 18.1 Å². The first-order chi connectivity index (χ1) is 13.2. The molecule has 1 amide bonds. The van der Waals surface area contributed by atoms with Gasteiger partial charge in [0.15, 0.2) is 0 Å². The molecular weight excluding hydrogens is 342 g/mol. The van der Waals surface area contributed by atoms with E-state index in [1.54, 1.807) is 30.5 Å². The molecule has 1 saturated heterocycles. The second-order valence-electron chi connectivity index (χ2n) is 6.59. The Balaban J connectivity index is 1.40. The molecule has 3 N–H and O–H groups in total. The number of rotatable bonds is 5. The standard InChI is InChI=1S/C20H21N5O2/c26-13-14-3-5-15(6-4-14)19(27)23-16-8-11-25(12-16)20-22-10-7-18(24-20)17-2-1-9-21-17/h1-7,9-10,16,21,26H,8,11-13H2,(H,23,27). The Labute approximate surface area is 157 Å². The smallest absolute Gasteiger partial charge is 0.251 e. The third-order valence-corrected chi connectivity index (χ3v) is 4.72. The number of H-pyrrole nitrogens is 1. The summed E-state index contributed by atoms with van der Waals surface area (Å²) in [6, 6.07) is 12.8. The van der Waals surface area contributed by atoms with Crippen LogP contribution >= 0.6 is 0 Å². The highest BCUT2D eigenvalue weighted by atomic mass is 16.3. The third kappa shape index (κ3) is 3.83. The quantitative estimate of drug-likeness (QED) is 0.644. The fraction of sp³-hybridized carbons (Fsp3) is 0.250. The number of carbonyl (C=O) groups excluding carboxylic acids is 1. The van der Waals surface area contributed by atoms with Crippen molar-refractivity contribution < 1.29 is 9.90 Å². The number of aromatic amines is 1. The highest BCUT2D eigenvalue weighted by Crippen LogP contribution is 2.20. The van der Waals surface area contributed by atoms with Crippen molar-refractivity contribution in [1.82, 2.24) is 20.3 Å². The molecule has 1 aliphatic rings. The average molecular weight is 363 g/mol. The van der Waals surface area contributed by atoms with Gasteiger partial charge in [0.25, 0.3) is 5.91 Å². The molecule has 1 fully saturated rings. The van der Waals surface area contributed by atoms with E-state index in [-0.39, 0.29) is 18.6 Å². The van der Waals surface area contributed by atoms with Crippen molar-refractivity contribution in [2.45, 2.75) is 19.1 Å². The second-order valence-corrected chi connectivity index (χ2v) is 6.59. The molecule has 138 valence electrons. The molecule has 1 unspecified atom stereocenters. The number of amides is 1. The maximum absolute atomic E-state index is 12.4. The largest absolute Gasteiger partial charge is 0.392 e. The van der Waals surface area contributed by atoms with Crippen molar-refractivity contribution in [3.63, 3.8) is 0 Å². The van der Waals surface area contributed by atoms with E-state index < -0.39 is 0 Å². The molecule has 3 heterocycles. The van der Waals surface area contributed by atoms with Gasteiger partial charge in [-0.05, 0) is 42.3 Å². The number of benzene rings is 1. The monoisotopic (exact) mass is 363 g/mol. The van der Waals surface area contributed by atoms with Gasteiger partial charge in [-0.25, -0.2) is 9.97 Å². The van der Waals surface area contributed by atoms with Crippen molar-refractivity contribution in [3.8, 4) is 11.4 Å². The van der Waals surface area contributed by atoms with E-state index in [1.165, 1.54) is 0 Å². The summed E-state index contributed by atoms with van der Waals surface area (Å²) in [6.07, 6.45) is 4.47. The minimum atomic E-state index is -0.104. The molecule has 1 atom stereocenters. The number of nitrogens with zero attached hydrogens (tertiary/aromatic N) is 3. The van der Waals surface area contributed by atoms with Gasteiger partial charge >= 0.3 is 0 Å². The molecular formula is C20H21N5O2. The second kappa shape index (κ2) is 7.59. The molecule has 0 radical (unpaired) electrons. The number of hydrogen-bond acceptors (Lipinski definition) is 5. The summed E-state index contributed by atoms with van der Waals surface area (Å²) in [6.45, 7) is 1.44. The van der Waals surface area contributed by atoms with Gasteiger partial charge in [0.05, 0.1) is 18.0 Å². The van der Waals surface area contributed by atoms with Gasteiger partial charge in [-0.3, -0.25) is 4.79 Å². The lowest BCUT2D eigenvalue weighted by Crippen LogP contribution is -2.37. The number of aliphatic hydroxyl groups is 1. The Morgan fingerprint density at radius 1 is 1.26 bits per heavy atom. The number of aromatic nitrogens is 3. The number of aliphatic hydroxyl groups excluding tert-OH is 1. The van der Waals surface area contributed by atoms with Crippen LogP contribution < -0.4 is 10.2 Å². The van der Waals surface area contributed by atoms with Crippen LogP contribution in [0.5, 0.6) is 0 Å². The van der Waals surface area contributed by atoms with E-state index in [0.717, 1.165) is 29.9 Å². The molecule has 27 heavy (non-hydrogen) atoms. The van der Waals surface area contributed by atoms with Gasteiger partial charge in [-0.15, -0.1) is 0 Å². The highest BCUT2D eigenvalue weighted by molar-refractivity contribution is 5.94. The number of nitrogens with one attached hydrogen (secondary N) is 2. The van der Waals surface area contributed by atoms with Crippen LogP contribution in [0, 0.1) is 0 Å². The molecule has 3 aromatic rings. The Hall–Kier alpha value is -3.19. The van der Waals surface area contributed by atoms with E-state index in [2.05, 4.69) is 25.2 Å². The molecule has 4 rings (SSSR count). The number of anilines is 1. The van der Waals surface area contributed by atoms with Crippen molar-refractivity contribution in [2.75, 3.05) is 18.0 Å². The molecule has 2 aromatic heterocycles. The molecule has 7 heteroatoms. The Kier molecular flexibility index (Phi) is 4.84. The Morgan fingerprint density at radius 3 is 2.85 bits per heavy atom. The highest BCUT2D eigenvalue weighted by Gasteiger charge is 2.26. The summed E-state index contributed by atoms with van der Waals surface area (Å²) in [5.41, 5.74) is 3.18. The maximum atomic E-state index is 12.4. The van der Waals surface area contributed by atoms with Crippen LogP contribution in [0.15, 0.2) is 54.9 Å². The predicted molar refractivity (Wildman–Crippen MR) is 102 cm³/mol. The molecule has 0 aliphatic carbocycles. The first-order valence-electron chi connectivity index (χ1n) is 8.95. The van der Waals surface area contributed by atoms with Gasteiger partial charge < -0.3 is 20.3 Å². The summed E-state index contributed by atoms with van der Waals surface area (Å²) < 4.78 is 0. The molecule has 0 spiro atoms. The van der Waals surface area contributed by atoms with E-state index >= 15 is 0 Å². The van der Waals surface area contributed by atoms with Crippen LogP contribution in [0.4, 0.5) is 5.95 Å². The Bertz CT molecular complexity index is 908. The van der Waals surface area contributed by atoms with Gasteiger partial charge in [-0.1, -0.05) is 12.1 Å². The van der Waals surface area contributed by atoms with Crippen molar-refractivity contribution in [2.24, 2.45) is 0 Å². The topological polar surface area (TPSA) is 94.1 Å². The predicted octanol–water partition coefficient (Wildman–Crippen LogP) is 1.97. The van der Waals surface area contributed by atoms with Crippen LogP contribution in [-0.2, 0) is 6.61 Å². The fourth-order valence-corrected chi connectivity index (χ4v) is 3.23. The summed E-state index contributed by atoms with van der Waals surface area (Å²) >= 11 is 0. The summed E-state index contributed by atoms with van der Waals surface area (Å²) in [7, 11) is 0. The molecule has 0 saturated carbocycles. The van der Waals surface area contributed by atoms with E-state index in [9.17, 15) is 4.79 Å². The molecule has 7 nitrogen and oxygen atoms in total. The molecule has 0 bridgehead atoms. The fourth-order valence-electron chi connectivity index (χ4n) is 3.23. The lowest BCUT2D eigenvalue weighted by atomic mass is 10.1. The molecule has 1 aliphatic heterocycles. The summed E-state index contributed by atoms with van der Waals surface area (Å²) in [5, 5.41) is 12.2. The van der Waals surface area contributed by atoms with Crippen molar-refractivity contribution >= 4 is 11.9 Å². The zero-order chi connectivity index (χ0) is 18.6. The average Bonchev–Trinajstić information content (AvgIpc) is 3.40.